The second-order valence-electron chi connectivity index (χ2n) is 4.22. The second kappa shape index (κ2) is 6.39. The topological polar surface area (TPSA) is 81.2 Å². The van der Waals surface area contributed by atoms with Crippen molar-refractivity contribution >= 4 is 5.91 Å². The minimum atomic E-state index is -0.438. The van der Waals surface area contributed by atoms with Crippen molar-refractivity contribution in [1.82, 2.24) is 10.3 Å². The van der Waals surface area contributed by atoms with Crippen LogP contribution >= 0.6 is 0 Å². The Morgan fingerprint density at radius 2 is 2.24 bits per heavy atom. The van der Waals surface area contributed by atoms with Crippen molar-refractivity contribution in [2.45, 2.75) is 52.6 Å². The molecule has 0 saturated carbocycles. The molecule has 0 bridgehead atoms. The molecule has 1 aromatic rings. The van der Waals surface area contributed by atoms with Crippen molar-refractivity contribution in [2.24, 2.45) is 5.73 Å². The number of nitrogens with two attached hydrogens (primary N) is 1. The summed E-state index contributed by atoms with van der Waals surface area (Å²) in [4.78, 5) is 15.8. The van der Waals surface area contributed by atoms with E-state index in [-0.39, 0.29) is 5.91 Å². The average molecular weight is 239 g/mol. The molecule has 1 atom stereocenters. The molecule has 5 nitrogen and oxygen atoms in total. The van der Waals surface area contributed by atoms with Crippen molar-refractivity contribution in [2.75, 3.05) is 0 Å². The van der Waals surface area contributed by atoms with Crippen LogP contribution in [-0.4, -0.2) is 16.9 Å². The van der Waals surface area contributed by atoms with Gasteiger partial charge in [0, 0.05) is 0 Å². The van der Waals surface area contributed by atoms with E-state index in [2.05, 4.69) is 17.2 Å². The van der Waals surface area contributed by atoms with E-state index >= 15 is 0 Å². The normalized spacial score (nSPS) is 12.5. The minimum absolute atomic E-state index is 0.146. The highest BCUT2D eigenvalue weighted by Gasteiger charge is 2.13. The molecule has 1 rings (SSSR count). The van der Waals surface area contributed by atoms with Gasteiger partial charge in [-0.25, -0.2) is 4.98 Å². The predicted octanol–water partition coefficient (Wildman–Crippen LogP) is 1.43. The Hall–Kier alpha value is -1.36. The van der Waals surface area contributed by atoms with Gasteiger partial charge in [0.25, 0.3) is 0 Å². The van der Waals surface area contributed by atoms with E-state index < -0.39 is 6.04 Å². The molecule has 1 aromatic heterocycles. The largest absolute Gasteiger partial charge is 0.444 e. The Labute approximate surface area is 102 Å². The summed E-state index contributed by atoms with van der Waals surface area (Å²) in [5.74, 6) is 1.16. The fourth-order valence-corrected chi connectivity index (χ4v) is 1.46. The number of oxazole rings is 1. The third-order valence-electron chi connectivity index (χ3n) is 2.69. The molecule has 96 valence electrons. The quantitative estimate of drug-likeness (QED) is 0.786. The third-order valence-corrected chi connectivity index (χ3v) is 2.69. The van der Waals surface area contributed by atoms with Crippen LogP contribution in [0.25, 0.3) is 0 Å². The number of unbranched alkanes of at least 4 members (excludes halogenated alkanes) is 1. The number of nitrogens with zero attached hydrogens (tertiary/aromatic N) is 1. The molecule has 0 aliphatic rings. The highest BCUT2D eigenvalue weighted by atomic mass is 16.4. The number of hydrogen-bond donors (Lipinski definition) is 2. The van der Waals surface area contributed by atoms with Gasteiger partial charge in [-0.3, -0.25) is 4.79 Å². The Kier molecular flexibility index (Phi) is 5.15. The van der Waals surface area contributed by atoms with Gasteiger partial charge in [-0.2, -0.15) is 0 Å². The monoisotopic (exact) mass is 239 g/mol. The lowest BCUT2D eigenvalue weighted by Gasteiger charge is -2.10. The lowest BCUT2D eigenvalue weighted by Crippen LogP contribution is -2.40. The van der Waals surface area contributed by atoms with Gasteiger partial charge in [-0.1, -0.05) is 19.8 Å². The number of nitrogens with one attached hydrogen (secondary N) is 1. The summed E-state index contributed by atoms with van der Waals surface area (Å²) in [6.07, 6.45) is 2.72. The van der Waals surface area contributed by atoms with Crippen LogP contribution in [0.15, 0.2) is 4.42 Å². The minimum Gasteiger partial charge on any atom is -0.444 e. The second-order valence-corrected chi connectivity index (χ2v) is 4.22. The van der Waals surface area contributed by atoms with E-state index in [1.54, 1.807) is 0 Å². The lowest BCUT2D eigenvalue weighted by molar-refractivity contribution is -0.122. The van der Waals surface area contributed by atoms with Crippen molar-refractivity contribution in [1.29, 1.82) is 0 Å². The smallest absolute Gasteiger partial charge is 0.237 e. The van der Waals surface area contributed by atoms with Crippen molar-refractivity contribution in [3.63, 3.8) is 0 Å². The zero-order valence-corrected chi connectivity index (χ0v) is 10.7. The molecule has 1 amide bonds. The molecule has 0 saturated heterocycles. The van der Waals surface area contributed by atoms with E-state index in [0.717, 1.165) is 24.3 Å². The molecule has 0 radical (unpaired) electrons. The number of carbonyl (C=O) groups excluding carboxylic acids is 1. The number of amides is 1. The van der Waals surface area contributed by atoms with Crippen LogP contribution in [-0.2, 0) is 11.3 Å². The van der Waals surface area contributed by atoms with Gasteiger partial charge in [0.2, 0.25) is 11.8 Å². The van der Waals surface area contributed by atoms with E-state index in [1.807, 2.05) is 13.8 Å². The summed E-state index contributed by atoms with van der Waals surface area (Å²) in [5.41, 5.74) is 6.59. The van der Waals surface area contributed by atoms with E-state index in [1.165, 1.54) is 0 Å². The molecule has 1 unspecified atom stereocenters. The Morgan fingerprint density at radius 3 is 2.76 bits per heavy atom. The Morgan fingerprint density at radius 1 is 1.53 bits per heavy atom. The SMILES string of the molecule is CCCCC(N)C(=O)NCc1nc(C)c(C)o1. The predicted molar refractivity (Wildman–Crippen MR) is 65.3 cm³/mol. The number of rotatable bonds is 6. The molecule has 17 heavy (non-hydrogen) atoms. The zero-order chi connectivity index (χ0) is 12.8. The molecule has 0 aromatic carbocycles. The molecule has 0 spiro atoms. The molecule has 0 aliphatic heterocycles. The highest BCUT2D eigenvalue weighted by Crippen LogP contribution is 2.07. The first-order valence-electron chi connectivity index (χ1n) is 6.00. The highest BCUT2D eigenvalue weighted by molar-refractivity contribution is 5.81. The van der Waals surface area contributed by atoms with Crippen molar-refractivity contribution < 1.29 is 9.21 Å². The molecular weight excluding hydrogens is 218 g/mol. The van der Waals surface area contributed by atoms with Crippen LogP contribution in [0.4, 0.5) is 0 Å². The fourth-order valence-electron chi connectivity index (χ4n) is 1.46. The lowest BCUT2D eigenvalue weighted by atomic mass is 10.1. The van der Waals surface area contributed by atoms with Crippen molar-refractivity contribution in [3.8, 4) is 0 Å². The van der Waals surface area contributed by atoms with Gasteiger partial charge in [-0.15, -0.1) is 0 Å². The van der Waals surface area contributed by atoms with Crippen LogP contribution < -0.4 is 11.1 Å². The van der Waals surface area contributed by atoms with Gasteiger partial charge in [0.1, 0.15) is 5.76 Å². The molecule has 0 aliphatic carbocycles. The zero-order valence-electron chi connectivity index (χ0n) is 10.7. The maximum atomic E-state index is 11.6. The molecule has 5 heteroatoms. The van der Waals surface area contributed by atoms with Crippen LogP contribution in [0, 0.1) is 13.8 Å². The van der Waals surface area contributed by atoms with Gasteiger partial charge >= 0.3 is 0 Å². The van der Waals surface area contributed by atoms with E-state index in [0.29, 0.717) is 18.9 Å². The average Bonchev–Trinajstić information content (AvgIpc) is 2.62. The van der Waals surface area contributed by atoms with Crippen LogP contribution in [0.1, 0.15) is 43.5 Å². The summed E-state index contributed by atoms with van der Waals surface area (Å²) in [6, 6.07) is -0.438. The molecule has 0 fully saturated rings. The van der Waals surface area contributed by atoms with Crippen LogP contribution in [0.5, 0.6) is 0 Å². The summed E-state index contributed by atoms with van der Waals surface area (Å²) in [6.45, 7) is 6.09. The number of hydrogen-bond acceptors (Lipinski definition) is 4. The van der Waals surface area contributed by atoms with Crippen molar-refractivity contribution in [3.05, 3.63) is 17.3 Å². The van der Waals surface area contributed by atoms with Gasteiger partial charge in [-0.05, 0) is 20.3 Å². The summed E-state index contributed by atoms with van der Waals surface area (Å²) in [7, 11) is 0. The molecule has 3 N–H and O–H groups in total. The van der Waals surface area contributed by atoms with Crippen LogP contribution in [0.3, 0.4) is 0 Å². The number of carbonyl (C=O) groups is 1. The summed E-state index contributed by atoms with van der Waals surface area (Å²) in [5, 5.41) is 2.73. The standard InChI is InChI=1S/C12H21N3O2/c1-4-5-6-10(13)12(16)14-7-11-15-8(2)9(3)17-11/h10H,4-7,13H2,1-3H3,(H,14,16). The molecular formula is C12H21N3O2. The fraction of sp³-hybridized carbons (Fsp3) is 0.667. The van der Waals surface area contributed by atoms with Gasteiger partial charge in [0.05, 0.1) is 18.3 Å². The van der Waals surface area contributed by atoms with E-state index in [4.69, 9.17) is 10.2 Å². The van der Waals surface area contributed by atoms with E-state index in [9.17, 15) is 4.79 Å². The first-order chi connectivity index (χ1) is 8.04. The van der Waals surface area contributed by atoms with Gasteiger partial charge < -0.3 is 15.5 Å². The Balaban J connectivity index is 2.37. The van der Waals surface area contributed by atoms with Crippen LogP contribution in [0.2, 0.25) is 0 Å². The maximum Gasteiger partial charge on any atom is 0.237 e. The molecule has 1 heterocycles. The van der Waals surface area contributed by atoms with Gasteiger partial charge in [0.15, 0.2) is 0 Å². The first kappa shape index (κ1) is 13.7. The summed E-state index contributed by atoms with van der Waals surface area (Å²) >= 11 is 0. The number of aryl methyl sites for hydroxylation is 2. The summed E-state index contributed by atoms with van der Waals surface area (Å²) < 4.78 is 5.36. The maximum absolute atomic E-state index is 11.6. The Bertz CT molecular complexity index is 354. The first-order valence-corrected chi connectivity index (χ1v) is 6.00. The number of aromatic nitrogens is 1. The third kappa shape index (κ3) is 4.19.